The van der Waals surface area contributed by atoms with Crippen LogP contribution in [0.5, 0.6) is 0 Å². The molecule has 0 radical (unpaired) electrons. The standard InChI is InChI=1S/C9H15NO2/c1-3-6-5-8(11)9(12)10-7(6)4-2/h5-7,11H,3-4H2,1-2H3,(H,10,12). The van der Waals surface area contributed by atoms with Crippen LogP contribution in [0.3, 0.4) is 0 Å². The second-order valence-corrected chi connectivity index (χ2v) is 3.11. The predicted octanol–water partition coefficient (Wildman–Crippen LogP) is 1.36. The second-order valence-electron chi connectivity index (χ2n) is 3.11. The highest BCUT2D eigenvalue weighted by Gasteiger charge is 2.26. The molecule has 1 rings (SSSR count). The van der Waals surface area contributed by atoms with Crippen molar-refractivity contribution in [1.82, 2.24) is 5.32 Å². The highest BCUT2D eigenvalue weighted by atomic mass is 16.3. The van der Waals surface area contributed by atoms with Crippen molar-refractivity contribution in [2.24, 2.45) is 5.92 Å². The summed E-state index contributed by atoms with van der Waals surface area (Å²) in [4.78, 5) is 11.0. The number of nitrogens with one attached hydrogen (secondary N) is 1. The van der Waals surface area contributed by atoms with Gasteiger partial charge in [0.15, 0.2) is 5.76 Å². The summed E-state index contributed by atoms with van der Waals surface area (Å²) in [5, 5.41) is 11.9. The van der Waals surface area contributed by atoms with Crippen LogP contribution in [0, 0.1) is 5.92 Å². The van der Waals surface area contributed by atoms with Crippen molar-refractivity contribution in [3.05, 3.63) is 11.8 Å². The molecule has 0 bridgehead atoms. The van der Waals surface area contributed by atoms with E-state index in [1.807, 2.05) is 6.92 Å². The van der Waals surface area contributed by atoms with Crippen LogP contribution >= 0.6 is 0 Å². The van der Waals surface area contributed by atoms with Crippen molar-refractivity contribution in [2.45, 2.75) is 32.7 Å². The van der Waals surface area contributed by atoms with Gasteiger partial charge in [0.1, 0.15) is 0 Å². The first-order valence-electron chi connectivity index (χ1n) is 4.40. The third-order valence-corrected chi connectivity index (χ3v) is 2.35. The van der Waals surface area contributed by atoms with E-state index in [1.54, 1.807) is 6.08 Å². The summed E-state index contributed by atoms with van der Waals surface area (Å²) in [5.41, 5.74) is 0. The molecule has 0 aromatic rings. The zero-order valence-electron chi connectivity index (χ0n) is 7.50. The molecular formula is C9H15NO2. The van der Waals surface area contributed by atoms with Gasteiger partial charge in [0.25, 0.3) is 5.91 Å². The van der Waals surface area contributed by atoms with Crippen LogP contribution in [0.2, 0.25) is 0 Å². The molecule has 12 heavy (non-hydrogen) atoms. The average molecular weight is 169 g/mol. The van der Waals surface area contributed by atoms with Crippen molar-refractivity contribution in [1.29, 1.82) is 0 Å². The first-order valence-corrected chi connectivity index (χ1v) is 4.40. The van der Waals surface area contributed by atoms with Crippen LogP contribution in [-0.4, -0.2) is 17.1 Å². The Labute approximate surface area is 72.5 Å². The molecule has 2 atom stereocenters. The third kappa shape index (κ3) is 1.60. The molecule has 2 N–H and O–H groups in total. The lowest BCUT2D eigenvalue weighted by molar-refractivity contribution is -0.121. The normalized spacial score (nSPS) is 29.5. The average Bonchev–Trinajstić information content (AvgIpc) is 2.09. The number of aliphatic hydroxyl groups excluding tert-OH is 1. The highest BCUT2D eigenvalue weighted by molar-refractivity contribution is 5.92. The minimum atomic E-state index is -0.341. The Morgan fingerprint density at radius 1 is 1.50 bits per heavy atom. The van der Waals surface area contributed by atoms with Gasteiger partial charge in [-0.1, -0.05) is 13.8 Å². The highest BCUT2D eigenvalue weighted by Crippen LogP contribution is 2.19. The molecule has 1 amide bonds. The summed E-state index contributed by atoms with van der Waals surface area (Å²) < 4.78 is 0. The predicted molar refractivity (Wildman–Crippen MR) is 46.7 cm³/mol. The van der Waals surface area contributed by atoms with Crippen LogP contribution in [0.1, 0.15) is 26.7 Å². The molecule has 3 nitrogen and oxygen atoms in total. The lowest BCUT2D eigenvalue weighted by Gasteiger charge is -2.27. The van der Waals surface area contributed by atoms with Gasteiger partial charge in [-0.25, -0.2) is 0 Å². The topological polar surface area (TPSA) is 49.3 Å². The van der Waals surface area contributed by atoms with Gasteiger partial charge in [-0.2, -0.15) is 0 Å². The van der Waals surface area contributed by atoms with Gasteiger partial charge in [0, 0.05) is 12.0 Å². The van der Waals surface area contributed by atoms with Gasteiger partial charge in [-0.3, -0.25) is 4.79 Å². The van der Waals surface area contributed by atoms with E-state index >= 15 is 0 Å². The summed E-state index contributed by atoms with van der Waals surface area (Å²) in [7, 11) is 0. The van der Waals surface area contributed by atoms with E-state index in [0.29, 0.717) is 0 Å². The first-order chi connectivity index (χ1) is 5.69. The molecule has 3 heteroatoms. The van der Waals surface area contributed by atoms with Gasteiger partial charge < -0.3 is 10.4 Å². The van der Waals surface area contributed by atoms with E-state index in [2.05, 4.69) is 12.2 Å². The summed E-state index contributed by atoms with van der Waals surface area (Å²) in [6.07, 6.45) is 3.52. The number of rotatable bonds is 2. The maximum absolute atomic E-state index is 11.0. The number of aliphatic hydroxyl groups is 1. The van der Waals surface area contributed by atoms with Gasteiger partial charge in [-0.15, -0.1) is 0 Å². The molecule has 2 unspecified atom stereocenters. The summed E-state index contributed by atoms with van der Waals surface area (Å²) in [6, 6.07) is 0.193. The van der Waals surface area contributed by atoms with Gasteiger partial charge in [-0.05, 0) is 18.9 Å². The van der Waals surface area contributed by atoms with Gasteiger partial charge in [0.2, 0.25) is 0 Å². The Balaban J connectivity index is 2.77. The molecule has 0 saturated carbocycles. The van der Waals surface area contributed by atoms with Crippen LogP contribution in [0.4, 0.5) is 0 Å². The fourth-order valence-electron chi connectivity index (χ4n) is 1.55. The Kier molecular flexibility index (Phi) is 2.74. The Morgan fingerprint density at radius 2 is 2.17 bits per heavy atom. The molecule has 1 aliphatic heterocycles. The maximum Gasteiger partial charge on any atom is 0.286 e. The SMILES string of the molecule is CCC1C=C(O)C(=O)NC1CC. The third-order valence-electron chi connectivity index (χ3n) is 2.35. The molecule has 0 aromatic carbocycles. The van der Waals surface area contributed by atoms with E-state index in [0.717, 1.165) is 12.8 Å². The van der Waals surface area contributed by atoms with Crippen molar-refractivity contribution >= 4 is 5.91 Å². The fraction of sp³-hybridized carbons (Fsp3) is 0.667. The minimum Gasteiger partial charge on any atom is -0.503 e. The molecular weight excluding hydrogens is 154 g/mol. The number of carbonyl (C=O) groups excluding carboxylic acids is 1. The smallest absolute Gasteiger partial charge is 0.286 e. The summed E-state index contributed by atoms with van der Waals surface area (Å²) >= 11 is 0. The zero-order chi connectivity index (χ0) is 9.14. The molecule has 1 heterocycles. The van der Waals surface area contributed by atoms with E-state index < -0.39 is 0 Å². The van der Waals surface area contributed by atoms with Crippen molar-refractivity contribution in [3.63, 3.8) is 0 Å². The van der Waals surface area contributed by atoms with E-state index in [-0.39, 0.29) is 23.6 Å². The van der Waals surface area contributed by atoms with Gasteiger partial charge in [0.05, 0.1) is 0 Å². The van der Waals surface area contributed by atoms with E-state index in [4.69, 9.17) is 5.11 Å². The summed E-state index contributed by atoms with van der Waals surface area (Å²) in [6.45, 7) is 4.08. The number of hydrogen-bond donors (Lipinski definition) is 2. The Hall–Kier alpha value is -0.990. The molecule has 1 aliphatic rings. The lowest BCUT2D eigenvalue weighted by Crippen LogP contribution is -2.43. The Morgan fingerprint density at radius 3 is 2.67 bits per heavy atom. The molecule has 0 fully saturated rings. The molecule has 0 spiro atoms. The van der Waals surface area contributed by atoms with Crippen LogP contribution in [0.15, 0.2) is 11.8 Å². The van der Waals surface area contributed by atoms with Crippen LogP contribution in [-0.2, 0) is 4.79 Å². The van der Waals surface area contributed by atoms with Crippen molar-refractivity contribution in [2.75, 3.05) is 0 Å². The second kappa shape index (κ2) is 3.61. The first kappa shape index (κ1) is 9.10. The monoisotopic (exact) mass is 169 g/mol. The minimum absolute atomic E-state index is 0.133. The van der Waals surface area contributed by atoms with Crippen LogP contribution in [0.25, 0.3) is 0 Å². The number of carbonyl (C=O) groups is 1. The maximum atomic E-state index is 11.0. The fourth-order valence-corrected chi connectivity index (χ4v) is 1.55. The van der Waals surface area contributed by atoms with Crippen molar-refractivity contribution < 1.29 is 9.90 Å². The van der Waals surface area contributed by atoms with Gasteiger partial charge >= 0.3 is 0 Å². The van der Waals surface area contributed by atoms with Crippen LogP contribution < -0.4 is 5.32 Å². The number of amides is 1. The van der Waals surface area contributed by atoms with E-state index in [9.17, 15) is 4.79 Å². The number of hydrogen-bond acceptors (Lipinski definition) is 2. The molecule has 0 saturated heterocycles. The zero-order valence-corrected chi connectivity index (χ0v) is 7.50. The van der Waals surface area contributed by atoms with Crippen molar-refractivity contribution in [3.8, 4) is 0 Å². The summed E-state index contributed by atoms with van der Waals surface area (Å²) in [5.74, 6) is -0.189. The molecule has 68 valence electrons. The quantitative estimate of drug-likeness (QED) is 0.655. The van der Waals surface area contributed by atoms with E-state index in [1.165, 1.54) is 0 Å². The molecule has 0 aliphatic carbocycles. The largest absolute Gasteiger partial charge is 0.503 e. The lowest BCUT2D eigenvalue weighted by atomic mass is 9.91. The Bertz CT molecular complexity index is 211. The molecule has 0 aromatic heterocycles.